The summed E-state index contributed by atoms with van der Waals surface area (Å²) in [5, 5.41) is 7.28. The van der Waals surface area contributed by atoms with Crippen LogP contribution < -0.4 is 0 Å². The number of rotatable bonds is 6. The van der Waals surface area contributed by atoms with Gasteiger partial charge in [0.25, 0.3) is 0 Å². The highest BCUT2D eigenvalue weighted by molar-refractivity contribution is 7.14. The molecule has 4 rings (SSSR count). The van der Waals surface area contributed by atoms with Crippen LogP contribution in [0.25, 0.3) is 10.6 Å². The lowest BCUT2D eigenvalue weighted by atomic mass is 9.83. The van der Waals surface area contributed by atoms with E-state index in [1.54, 1.807) is 22.7 Å². The lowest BCUT2D eigenvalue weighted by Crippen LogP contribution is -2.44. The SMILES string of the molecule is CCC1CCC(N(C(=O)Cc2csc(-c3ccsc3)n2)C2CC2)CC1. The summed E-state index contributed by atoms with van der Waals surface area (Å²) in [6.45, 7) is 2.29. The molecule has 1 amide bonds. The van der Waals surface area contributed by atoms with Crippen molar-refractivity contribution < 1.29 is 4.79 Å². The Kier molecular flexibility index (Phi) is 5.23. The highest BCUT2D eigenvalue weighted by Gasteiger charge is 2.38. The van der Waals surface area contributed by atoms with Crippen LogP contribution in [0, 0.1) is 5.92 Å². The maximum Gasteiger partial charge on any atom is 0.229 e. The predicted molar refractivity (Wildman–Crippen MR) is 105 cm³/mol. The van der Waals surface area contributed by atoms with Gasteiger partial charge in [-0.2, -0.15) is 11.3 Å². The molecule has 3 nitrogen and oxygen atoms in total. The van der Waals surface area contributed by atoms with Gasteiger partial charge in [-0.3, -0.25) is 4.79 Å². The van der Waals surface area contributed by atoms with Crippen molar-refractivity contribution >= 4 is 28.6 Å². The van der Waals surface area contributed by atoms with Gasteiger partial charge >= 0.3 is 0 Å². The first-order valence-electron chi connectivity index (χ1n) is 9.52. The summed E-state index contributed by atoms with van der Waals surface area (Å²) in [6, 6.07) is 3.07. The van der Waals surface area contributed by atoms with Crippen molar-refractivity contribution in [1.29, 1.82) is 0 Å². The number of amides is 1. The summed E-state index contributed by atoms with van der Waals surface area (Å²) < 4.78 is 0. The molecule has 0 N–H and O–H groups in total. The number of thiazole rings is 1. The van der Waals surface area contributed by atoms with Crippen LogP contribution in [0.3, 0.4) is 0 Å². The molecule has 2 aromatic heterocycles. The van der Waals surface area contributed by atoms with Crippen molar-refractivity contribution in [1.82, 2.24) is 9.88 Å². The number of thiophene rings is 1. The van der Waals surface area contributed by atoms with Crippen molar-refractivity contribution in [2.24, 2.45) is 5.92 Å². The van der Waals surface area contributed by atoms with Gasteiger partial charge in [0.05, 0.1) is 12.1 Å². The fraction of sp³-hybridized carbons (Fsp3) is 0.600. The third-order valence-corrected chi connectivity index (χ3v) is 7.29. The van der Waals surface area contributed by atoms with Gasteiger partial charge in [0, 0.05) is 28.4 Å². The van der Waals surface area contributed by atoms with Gasteiger partial charge in [-0.1, -0.05) is 13.3 Å². The first-order valence-corrected chi connectivity index (χ1v) is 11.3. The van der Waals surface area contributed by atoms with Crippen molar-refractivity contribution in [3.05, 3.63) is 27.9 Å². The monoisotopic (exact) mass is 374 g/mol. The van der Waals surface area contributed by atoms with Crippen LogP contribution in [-0.4, -0.2) is 27.9 Å². The summed E-state index contributed by atoms with van der Waals surface area (Å²) in [5.74, 6) is 1.17. The smallest absolute Gasteiger partial charge is 0.229 e. The Balaban J connectivity index is 1.41. The van der Waals surface area contributed by atoms with E-state index in [0.29, 0.717) is 24.4 Å². The van der Waals surface area contributed by atoms with Crippen molar-refractivity contribution in [3.8, 4) is 10.6 Å². The summed E-state index contributed by atoms with van der Waals surface area (Å²) >= 11 is 3.34. The number of nitrogens with zero attached hydrogens (tertiary/aromatic N) is 2. The topological polar surface area (TPSA) is 33.2 Å². The molecule has 0 unspecified atom stereocenters. The minimum Gasteiger partial charge on any atom is -0.336 e. The lowest BCUT2D eigenvalue weighted by Gasteiger charge is -2.37. The van der Waals surface area contributed by atoms with Crippen molar-refractivity contribution in [3.63, 3.8) is 0 Å². The molecule has 25 heavy (non-hydrogen) atoms. The van der Waals surface area contributed by atoms with Crippen LogP contribution in [0.4, 0.5) is 0 Å². The number of hydrogen-bond acceptors (Lipinski definition) is 4. The summed E-state index contributed by atoms with van der Waals surface area (Å²) in [6.07, 6.45) is 9.09. The second kappa shape index (κ2) is 7.58. The van der Waals surface area contributed by atoms with E-state index in [-0.39, 0.29) is 0 Å². The Bertz CT molecular complexity index is 697. The molecule has 2 heterocycles. The Hall–Kier alpha value is -1.20. The van der Waals surface area contributed by atoms with Crippen LogP contribution >= 0.6 is 22.7 Å². The van der Waals surface area contributed by atoms with Crippen LogP contribution in [0.2, 0.25) is 0 Å². The summed E-state index contributed by atoms with van der Waals surface area (Å²) in [7, 11) is 0. The molecule has 5 heteroatoms. The number of carbonyl (C=O) groups excluding carboxylic acids is 1. The molecule has 2 saturated carbocycles. The van der Waals surface area contributed by atoms with Gasteiger partial charge in [0.2, 0.25) is 5.91 Å². The quantitative estimate of drug-likeness (QED) is 0.680. The molecule has 0 aliphatic heterocycles. The van der Waals surface area contributed by atoms with Gasteiger partial charge in [-0.05, 0) is 55.9 Å². The largest absolute Gasteiger partial charge is 0.336 e. The molecule has 2 aliphatic carbocycles. The Labute approximate surface area is 158 Å². The second-order valence-corrected chi connectivity index (χ2v) is 9.09. The Morgan fingerprint density at radius 2 is 1.88 bits per heavy atom. The fourth-order valence-electron chi connectivity index (χ4n) is 4.04. The van der Waals surface area contributed by atoms with Gasteiger partial charge in [0.15, 0.2) is 0 Å². The minimum absolute atomic E-state index is 0.296. The molecule has 0 atom stereocenters. The van der Waals surface area contributed by atoms with E-state index in [4.69, 9.17) is 4.98 Å². The molecule has 2 fully saturated rings. The third kappa shape index (κ3) is 3.98. The molecule has 0 aromatic carbocycles. The molecule has 2 aromatic rings. The minimum atomic E-state index is 0.296. The maximum absolute atomic E-state index is 13.0. The standard InChI is InChI=1S/C20H26N2OS2/c1-2-14-3-5-17(6-4-14)22(18-7-8-18)19(23)11-16-13-25-20(21-16)15-9-10-24-12-15/h9-10,12-14,17-18H,2-8,11H2,1H3. The molecule has 0 radical (unpaired) electrons. The maximum atomic E-state index is 13.0. The van der Waals surface area contributed by atoms with E-state index >= 15 is 0 Å². The first kappa shape index (κ1) is 17.2. The molecular weight excluding hydrogens is 348 g/mol. The van der Waals surface area contributed by atoms with Gasteiger partial charge < -0.3 is 4.90 Å². The van der Waals surface area contributed by atoms with Crippen molar-refractivity contribution in [2.45, 2.75) is 70.4 Å². The van der Waals surface area contributed by atoms with E-state index in [9.17, 15) is 4.79 Å². The zero-order valence-electron chi connectivity index (χ0n) is 14.8. The lowest BCUT2D eigenvalue weighted by molar-refractivity contribution is -0.134. The highest BCUT2D eigenvalue weighted by atomic mass is 32.1. The number of hydrogen-bond donors (Lipinski definition) is 0. The van der Waals surface area contributed by atoms with E-state index in [1.165, 1.54) is 50.5 Å². The molecule has 0 saturated heterocycles. The second-order valence-electron chi connectivity index (χ2n) is 7.45. The van der Waals surface area contributed by atoms with E-state index < -0.39 is 0 Å². The van der Waals surface area contributed by atoms with Crippen LogP contribution in [0.5, 0.6) is 0 Å². The highest BCUT2D eigenvalue weighted by Crippen LogP contribution is 2.36. The van der Waals surface area contributed by atoms with Crippen LogP contribution in [-0.2, 0) is 11.2 Å². The van der Waals surface area contributed by atoms with Gasteiger partial charge in [0.1, 0.15) is 5.01 Å². The number of aromatic nitrogens is 1. The molecule has 134 valence electrons. The van der Waals surface area contributed by atoms with Crippen LogP contribution in [0.1, 0.15) is 57.6 Å². The van der Waals surface area contributed by atoms with E-state index in [0.717, 1.165) is 16.6 Å². The molecule has 2 aliphatic rings. The van der Waals surface area contributed by atoms with E-state index in [1.807, 2.05) is 0 Å². The zero-order valence-corrected chi connectivity index (χ0v) is 16.5. The molecule has 0 spiro atoms. The zero-order chi connectivity index (χ0) is 17.2. The molecule has 0 bridgehead atoms. The van der Waals surface area contributed by atoms with Crippen molar-refractivity contribution in [2.75, 3.05) is 0 Å². The summed E-state index contributed by atoms with van der Waals surface area (Å²) in [4.78, 5) is 20.0. The van der Waals surface area contributed by atoms with Gasteiger partial charge in [-0.15, -0.1) is 11.3 Å². The van der Waals surface area contributed by atoms with E-state index in [2.05, 4.69) is 34.0 Å². The normalized spacial score (nSPS) is 23.6. The van der Waals surface area contributed by atoms with Crippen LogP contribution in [0.15, 0.2) is 22.2 Å². The predicted octanol–water partition coefficient (Wildman–Crippen LogP) is 5.37. The first-order chi connectivity index (χ1) is 12.2. The average molecular weight is 375 g/mol. The fourth-order valence-corrected chi connectivity index (χ4v) is 5.57. The molecular formula is C20H26N2OS2. The summed E-state index contributed by atoms with van der Waals surface area (Å²) in [5.41, 5.74) is 2.11. The van der Waals surface area contributed by atoms with Gasteiger partial charge in [-0.25, -0.2) is 4.98 Å². The third-order valence-electron chi connectivity index (χ3n) is 5.67. The number of carbonyl (C=O) groups is 1. The Morgan fingerprint density at radius 1 is 1.16 bits per heavy atom. The Morgan fingerprint density at radius 3 is 2.48 bits per heavy atom. The average Bonchev–Trinajstić information content (AvgIpc) is 3.12.